The first kappa shape index (κ1) is 18.1. The molecule has 0 radical (unpaired) electrons. The summed E-state index contributed by atoms with van der Waals surface area (Å²) in [5.41, 5.74) is 0.961. The summed E-state index contributed by atoms with van der Waals surface area (Å²) >= 11 is 1.02. The Kier molecular flexibility index (Phi) is 6.87. The van der Waals surface area contributed by atoms with Crippen molar-refractivity contribution in [3.05, 3.63) is 42.5 Å². The van der Waals surface area contributed by atoms with Crippen molar-refractivity contribution < 1.29 is 19.1 Å². The van der Waals surface area contributed by atoms with E-state index in [9.17, 15) is 14.4 Å². The molecule has 0 aromatic heterocycles. The first-order valence-electron chi connectivity index (χ1n) is 7.69. The van der Waals surface area contributed by atoms with E-state index in [1.807, 2.05) is 24.3 Å². The van der Waals surface area contributed by atoms with E-state index in [2.05, 4.69) is 17.2 Å². The number of hydrogen-bond acceptors (Lipinski definition) is 5. The molecule has 3 amide bonds. The first-order chi connectivity index (χ1) is 11.6. The average Bonchev–Trinajstić information content (AvgIpc) is 2.88. The molecule has 0 saturated carbocycles. The molecule has 7 heteroatoms. The maximum Gasteiger partial charge on any atom is 0.286 e. The predicted molar refractivity (Wildman–Crippen MR) is 93.0 cm³/mol. The lowest BCUT2D eigenvalue weighted by Gasteiger charge is -2.09. The van der Waals surface area contributed by atoms with Gasteiger partial charge in [0.15, 0.2) is 0 Å². The standard InChI is InChI=1S/C17H20N2O4S/c1-2-3-4-15(20)18-9-10-23-13-7-5-12(6-8-13)11-14-16(21)19-17(22)24-14/h2,5-8,14H,1,3-4,9-11H2,(H,18,20)(H,19,21,22). The van der Waals surface area contributed by atoms with Gasteiger partial charge in [0.1, 0.15) is 12.4 Å². The van der Waals surface area contributed by atoms with E-state index in [4.69, 9.17) is 4.74 Å². The van der Waals surface area contributed by atoms with Gasteiger partial charge in [-0.2, -0.15) is 0 Å². The van der Waals surface area contributed by atoms with Crippen LogP contribution in [-0.2, 0) is 16.0 Å². The minimum Gasteiger partial charge on any atom is -0.492 e. The molecule has 2 N–H and O–H groups in total. The second-order valence-corrected chi connectivity index (χ2v) is 6.43. The minimum absolute atomic E-state index is 0.0178. The van der Waals surface area contributed by atoms with Crippen LogP contribution < -0.4 is 15.4 Å². The Morgan fingerprint density at radius 3 is 2.71 bits per heavy atom. The summed E-state index contributed by atoms with van der Waals surface area (Å²) in [6.07, 6.45) is 3.31. The number of carbonyl (C=O) groups is 3. The summed E-state index contributed by atoms with van der Waals surface area (Å²) in [5, 5.41) is 4.38. The van der Waals surface area contributed by atoms with E-state index in [0.29, 0.717) is 38.2 Å². The molecular formula is C17H20N2O4S. The molecule has 1 fully saturated rings. The van der Waals surface area contributed by atoms with Gasteiger partial charge >= 0.3 is 0 Å². The van der Waals surface area contributed by atoms with Crippen LogP contribution in [0.3, 0.4) is 0 Å². The normalized spacial score (nSPS) is 16.6. The molecule has 6 nitrogen and oxygen atoms in total. The number of thioether (sulfide) groups is 1. The van der Waals surface area contributed by atoms with Crippen LogP contribution in [0.5, 0.6) is 5.75 Å². The molecule has 1 aliphatic heterocycles. The number of benzene rings is 1. The summed E-state index contributed by atoms with van der Waals surface area (Å²) in [7, 11) is 0. The van der Waals surface area contributed by atoms with Crippen LogP contribution in [0.15, 0.2) is 36.9 Å². The van der Waals surface area contributed by atoms with Crippen molar-refractivity contribution >= 4 is 28.8 Å². The topological polar surface area (TPSA) is 84.5 Å². The Bertz CT molecular complexity index is 616. The van der Waals surface area contributed by atoms with E-state index in [1.165, 1.54) is 0 Å². The highest BCUT2D eigenvalue weighted by molar-refractivity contribution is 8.15. The van der Waals surface area contributed by atoms with Gasteiger partial charge in [0.05, 0.1) is 11.8 Å². The van der Waals surface area contributed by atoms with Gasteiger partial charge in [-0.05, 0) is 30.5 Å². The molecule has 0 spiro atoms. The van der Waals surface area contributed by atoms with E-state index in [-0.39, 0.29) is 22.3 Å². The van der Waals surface area contributed by atoms with Crippen LogP contribution in [0.1, 0.15) is 18.4 Å². The summed E-state index contributed by atoms with van der Waals surface area (Å²) in [6.45, 7) is 4.40. The van der Waals surface area contributed by atoms with E-state index in [0.717, 1.165) is 17.3 Å². The molecule has 128 valence electrons. The fraction of sp³-hybridized carbons (Fsp3) is 0.353. The van der Waals surface area contributed by atoms with Crippen molar-refractivity contribution in [2.45, 2.75) is 24.5 Å². The lowest BCUT2D eigenvalue weighted by atomic mass is 10.1. The van der Waals surface area contributed by atoms with Crippen molar-refractivity contribution in [3.8, 4) is 5.75 Å². The van der Waals surface area contributed by atoms with Crippen LogP contribution in [0.2, 0.25) is 0 Å². The molecule has 1 unspecified atom stereocenters. The van der Waals surface area contributed by atoms with Crippen molar-refractivity contribution in [2.24, 2.45) is 0 Å². The molecule has 24 heavy (non-hydrogen) atoms. The monoisotopic (exact) mass is 348 g/mol. The minimum atomic E-state index is -0.366. The first-order valence-corrected chi connectivity index (χ1v) is 8.57. The second kappa shape index (κ2) is 9.12. The van der Waals surface area contributed by atoms with E-state index >= 15 is 0 Å². The molecule has 2 rings (SSSR count). The van der Waals surface area contributed by atoms with E-state index < -0.39 is 0 Å². The van der Waals surface area contributed by atoms with Gasteiger partial charge in [-0.25, -0.2) is 0 Å². The zero-order valence-corrected chi connectivity index (χ0v) is 14.1. The lowest BCUT2D eigenvalue weighted by Crippen LogP contribution is -2.27. The SMILES string of the molecule is C=CCCC(=O)NCCOc1ccc(CC2SC(=O)NC2=O)cc1. The number of nitrogens with one attached hydrogen (secondary N) is 2. The van der Waals surface area contributed by atoms with Crippen LogP contribution in [0.4, 0.5) is 4.79 Å². The largest absolute Gasteiger partial charge is 0.492 e. The molecule has 1 aliphatic rings. The fourth-order valence-corrected chi connectivity index (χ4v) is 3.00. The highest BCUT2D eigenvalue weighted by atomic mass is 32.2. The van der Waals surface area contributed by atoms with Gasteiger partial charge < -0.3 is 10.1 Å². The Hall–Kier alpha value is -2.28. The average molecular weight is 348 g/mol. The second-order valence-electron chi connectivity index (χ2n) is 5.26. The Morgan fingerprint density at radius 2 is 2.08 bits per heavy atom. The van der Waals surface area contributed by atoms with E-state index in [1.54, 1.807) is 6.08 Å². The zero-order chi connectivity index (χ0) is 17.4. The number of hydrogen-bond donors (Lipinski definition) is 2. The third-order valence-electron chi connectivity index (χ3n) is 3.38. The van der Waals surface area contributed by atoms with Gasteiger partial charge in [-0.3, -0.25) is 19.7 Å². The Balaban J connectivity index is 1.70. The van der Waals surface area contributed by atoms with Gasteiger partial charge in [0.25, 0.3) is 5.24 Å². The van der Waals surface area contributed by atoms with Gasteiger partial charge in [0.2, 0.25) is 11.8 Å². The van der Waals surface area contributed by atoms with Crippen LogP contribution in [-0.4, -0.2) is 35.5 Å². The Morgan fingerprint density at radius 1 is 1.33 bits per heavy atom. The van der Waals surface area contributed by atoms with Crippen LogP contribution in [0, 0.1) is 0 Å². The quantitative estimate of drug-likeness (QED) is 0.527. The number of rotatable bonds is 9. The molecule has 0 aliphatic carbocycles. The van der Waals surface area contributed by atoms with Crippen molar-refractivity contribution in [1.82, 2.24) is 10.6 Å². The Labute approximate surface area is 145 Å². The lowest BCUT2D eigenvalue weighted by molar-refractivity contribution is -0.121. The fourth-order valence-electron chi connectivity index (χ4n) is 2.14. The highest BCUT2D eigenvalue weighted by Crippen LogP contribution is 2.23. The summed E-state index contributed by atoms with van der Waals surface area (Å²) in [5.74, 6) is 0.437. The highest BCUT2D eigenvalue weighted by Gasteiger charge is 2.31. The van der Waals surface area contributed by atoms with Crippen molar-refractivity contribution in [1.29, 1.82) is 0 Å². The smallest absolute Gasteiger partial charge is 0.286 e. The summed E-state index contributed by atoms with van der Waals surface area (Å²) in [4.78, 5) is 34.1. The molecule has 1 saturated heterocycles. The van der Waals surface area contributed by atoms with Crippen LogP contribution >= 0.6 is 11.8 Å². The number of amides is 3. The molecule has 1 heterocycles. The summed E-state index contributed by atoms with van der Waals surface area (Å²) < 4.78 is 5.55. The maximum atomic E-state index is 11.5. The number of ether oxygens (including phenoxy) is 1. The van der Waals surface area contributed by atoms with Gasteiger partial charge in [0, 0.05) is 6.42 Å². The molecule has 0 bridgehead atoms. The number of imide groups is 1. The van der Waals surface area contributed by atoms with Gasteiger partial charge in [-0.1, -0.05) is 30.0 Å². The maximum absolute atomic E-state index is 11.5. The zero-order valence-electron chi connectivity index (χ0n) is 13.2. The van der Waals surface area contributed by atoms with Crippen molar-refractivity contribution in [2.75, 3.05) is 13.2 Å². The predicted octanol–water partition coefficient (Wildman–Crippen LogP) is 2.04. The third-order valence-corrected chi connectivity index (χ3v) is 4.36. The molecule has 1 aromatic rings. The van der Waals surface area contributed by atoms with Gasteiger partial charge in [-0.15, -0.1) is 6.58 Å². The summed E-state index contributed by atoms with van der Waals surface area (Å²) in [6, 6.07) is 7.37. The van der Waals surface area contributed by atoms with Crippen molar-refractivity contribution in [3.63, 3.8) is 0 Å². The molecule has 1 aromatic carbocycles. The number of carbonyl (C=O) groups excluding carboxylic acids is 3. The molecular weight excluding hydrogens is 328 g/mol. The third kappa shape index (κ3) is 5.73. The molecule has 1 atom stereocenters. The number of allylic oxidation sites excluding steroid dienone is 1. The van der Waals surface area contributed by atoms with Crippen LogP contribution in [0.25, 0.3) is 0 Å².